The quantitative estimate of drug-likeness (QED) is 0.445. The molecule has 1 amide bonds. The van der Waals surface area contributed by atoms with E-state index in [9.17, 15) is 4.79 Å². The number of unbranched alkanes of at least 4 members (excludes halogenated alkanes) is 1. The monoisotopic (exact) mass is 182 g/mol. The Bertz CT molecular complexity index is 172. The first-order valence-corrected chi connectivity index (χ1v) is 4.72. The molecule has 0 fully saturated rings. The van der Waals surface area contributed by atoms with E-state index in [1.54, 1.807) is 0 Å². The summed E-state index contributed by atoms with van der Waals surface area (Å²) < 4.78 is 0. The van der Waals surface area contributed by atoms with Gasteiger partial charge in [0, 0.05) is 13.0 Å². The molecule has 0 saturated carbocycles. The molecule has 0 aromatic carbocycles. The lowest BCUT2D eigenvalue weighted by molar-refractivity contribution is -0.120. The van der Waals surface area contributed by atoms with Crippen molar-refractivity contribution in [1.82, 2.24) is 10.6 Å². The minimum absolute atomic E-state index is 0.0467. The molecule has 0 bridgehead atoms. The molecule has 13 heavy (non-hydrogen) atoms. The van der Waals surface area contributed by atoms with E-state index >= 15 is 0 Å². The Morgan fingerprint density at radius 1 is 1.46 bits per heavy atom. The van der Waals surface area contributed by atoms with Crippen LogP contribution in [0, 0.1) is 12.3 Å². The minimum Gasteiger partial charge on any atom is -0.355 e. The first kappa shape index (κ1) is 12.0. The van der Waals surface area contributed by atoms with Gasteiger partial charge in [-0.15, -0.1) is 12.3 Å². The molecule has 0 aliphatic heterocycles. The molecule has 0 aliphatic rings. The largest absolute Gasteiger partial charge is 0.355 e. The zero-order valence-corrected chi connectivity index (χ0v) is 8.23. The predicted octanol–water partition coefficient (Wildman–Crippen LogP) is 0.516. The van der Waals surface area contributed by atoms with Crippen molar-refractivity contribution in [2.24, 2.45) is 0 Å². The van der Waals surface area contributed by atoms with Gasteiger partial charge in [0.2, 0.25) is 5.91 Å². The Labute approximate surface area is 80.3 Å². The van der Waals surface area contributed by atoms with Crippen LogP contribution in [0.4, 0.5) is 0 Å². The average Bonchev–Trinajstić information content (AvgIpc) is 2.13. The van der Waals surface area contributed by atoms with Gasteiger partial charge in [-0.05, 0) is 19.4 Å². The summed E-state index contributed by atoms with van der Waals surface area (Å²) >= 11 is 0. The highest BCUT2D eigenvalue weighted by Crippen LogP contribution is 1.82. The van der Waals surface area contributed by atoms with Crippen LogP contribution in [0.5, 0.6) is 0 Å². The molecule has 0 rings (SSSR count). The molecular weight excluding hydrogens is 164 g/mol. The van der Waals surface area contributed by atoms with Gasteiger partial charge in [-0.25, -0.2) is 0 Å². The summed E-state index contributed by atoms with van der Waals surface area (Å²) in [6.45, 7) is 4.04. The van der Waals surface area contributed by atoms with Gasteiger partial charge in [-0.1, -0.05) is 6.92 Å². The second-order valence-electron chi connectivity index (χ2n) is 2.83. The Balaban J connectivity index is 3.16. The topological polar surface area (TPSA) is 41.1 Å². The smallest absolute Gasteiger partial charge is 0.233 e. The van der Waals surface area contributed by atoms with Crippen molar-refractivity contribution < 1.29 is 4.79 Å². The van der Waals surface area contributed by atoms with Crippen LogP contribution in [0.1, 0.15) is 26.2 Å². The summed E-state index contributed by atoms with van der Waals surface area (Å²) in [4.78, 5) is 11.1. The van der Waals surface area contributed by atoms with E-state index in [0.717, 1.165) is 25.8 Å². The van der Waals surface area contributed by atoms with Crippen molar-refractivity contribution in [1.29, 1.82) is 0 Å². The fraction of sp³-hybridized carbons (Fsp3) is 0.700. The summed E-state index contributed by atoms with van der Waals surface area (Å²) in [6.07, 6.45) is 7.70. The van der Waals surface area contributed by atoms with Crippen LogP contribution >= 0.6 is 0 Å². The molecule has 3 nitrogen and oxygen atoms in total. The van der Waals surface area contributed by atoms with E-state index in [0.29, 0.717) is 13.1 Å². The van der Waals surface area contributed by atoms with E-state index in [1.165, 1.54) is 0 Å². The molecule has 0 atom stereocenters. The number of carbonyl (C=O) groups is 1. The van der Waals surface area contributed by atoms with Crippen LogP contribution in [-0.2, 0) is 4.79 Å². The molecule has 2 N–H and O–H groups in total. The van der Waals surface area contributed by atoms with Crippen molar-refractivity contribution in [3.63, 3.8) is 0 Å². The van der Waals surface area contributed by atoms with E-state index < -0.39 is 0 Å². The molecule has 74 valence electrons. The van der Waals surface area contributed by atoms with Gasteiger partial charge < -0.3 is 10.6 Å². The summed E-state index contributed by atoms with van der Waals surface area (Å²) in [5.41, 5.74) is 0. The number of amides is 1. The number of hydrogen-bond donors (Lipinski definition) is 2. The third-order valence-electron chi connectivity index (χ3n) is 1.53. The number of nitrogens with one attached hydrogen (secondary N) is 2. The molecule has 0 aromatic rings. The van der Waals surface area contributed by atoms with Crippen molar-refractivity contribution in [3.8, 4) is 12.3 Å². The molecule has 0 heterocycles. The van der Waals surface area contributed by atoms with E-state index in [1.807, 2.05) is 0 Å². The summed E-state index contributed by atoms with van der Waals surface area (Å²) in [6, 6.07) is 0. The second kappa shape index (κ2) is 9.08. The number of carbonyl (C=O) groups excluding carboxylic acids is 1. The highest BCUT2D eigenvalue weighted by Gasteiger charge is 1.97. The van der Waals surface area contributed by atoms with Crippen LogP contribution < -0.4 is 10.6 Å². The number of rotatable bonds is 7. The SMILES string of the molecule is C#CCCCNC(=O)CNCCC. The molecule has 0 radical (unpaired) electrons. The zero-order valence-electron chi connectivity index (χ0n) is 8.23. The Morgan fingerprint density at radius 3 is 2.85 bits per heavy atom. The van der Waals surface area contributed by atoms with Crippen LogP contribution in [0.25, 0.3) is 0 Å². The maximum atomic E-state index is 11.1. The summed E-state index contributed by atoms with van der Waals surface area (Å²) in [7, 11) is 0. The summed E-state index contributed by atoms with van der Waals surface area (Å²) in [5, 5.41) is 5.80. The lowest BCUT2D eigenvalue weighted by Crippen LogP contribution is -2.34. The van der Waals surface area contributed by atoms with Gasteiger partial charge in [0.15, 0.2) is 0 Å². The summed E-state index contributed by atoms with van der Waals surface area (Å²) in [5.74, 6) is 2.57. The minimum atomic E-state index is 0.0467. The van der Waals surface area contributed by atoms with E-state index in [2.05, 4.69) is 23.5 Å². The van der Waals surface area contributed by atoms with Crippen LogP contribution in [0.3, 0.4) is 0 Å². The number of hydrogen-bond acceptors (Lipinski definition) is 2. The number of terminal acetylenes is 1. The Hall–Kier alpha value is -1.01. The Kier molecular flexibility index (Phi) is 8.38. The highest BCUT2D eigenvalue weighted by molar-refractivity contribution is 5.77. The molecule has 0 saturated heterocycles. The van der Waals surface area contributed by atoms with Gasteiger partial charge in [0.1, 0.15) is 0 Å². The third-order valence-corrected chi connectivity index (χ3v) is 1.53. The van der Waals surface area contributed by atoms with E-state index in [4.69, 9.17) is 6.42 Å². The first-order chi connectivity index (χ1) is 6.31. The van der Waals surface area contributed by atoms with Gasteiger partial charge in [0.05, 0.1) is 6.54 Å². The first-order valence-electron chi connectivity index (χ1n) is 4.72. The van der Waals surface area contributed by atoms with E-state index in [-0.39, 0.29) is 5.91 Å². The maximum Gasteiger partial charge on any atom is 0.233 e. The second-order valence-corrected chi connectivity index (χ2v) is 2.83. The van der Waals surface area contributed by atoms with Gasteiger partial charge in [-0.2, -0.15) is 0 Å². The predicted molar refractivity (Wildman–Crippen MR) is 54.2 cm³/mol. The lowest BCUT2D eigenvalue weighted by Gasteiger charge is -2.04. The van der Waals surface area contributed by atoms with Crippen molar-refractivity contribution >= 4 is 5.91 Å². The van der Waals surface area contributed by atoms with Crippen molar-refractivity contribution in [2.45, 2.75) is 26.2 Å². The normalized spacial score (nSPS) is 9.23. The maximum absolute atomic E-state index is 11.1. The van der Waals surface area contributed by atoms with Crippen molar-refractivity contribution in [3.05, 3.63) is 0 Å². The van der Waals surface area contributed by atoms with Gasteiger partial charge in [-0.3, -0.25) is 4.79 Å². The third kappa shape index (κ3) is 8.90. The highest BCUT2D eigenvalue weighted by atomic mass is 16.1. The van der Waals surface area contributed by atoms with Crippen LogP contribution in [0.15, 0.2) is 0 Å². The molecular formula is C10H18N2O. The fourth-order valence-electron chi connectivity index (χ4n) is 0.859. The zero-order chi connectivity index (χ0) is 9.94. The molecule has 0 unspecified atom stereocenters. The average molecular weight is 182 g/mol. The Morgan fingerprint density at radius 2 is 2.23 bits per heavy atom. The molecule has 0 aliphatic carbocycles. The fourth-order valence-corrected chi connectivity index (χ4v) is 0.859. The van der Waals surface area contributed by atoms with Gasteiger partial charge in [0.25, 0.3) is 0 Å². The van der Waals surface area contributed by atoms with Crippen LogP contribution in [0.2, 0.25) is 0 Å². The van der Waals surface area contributed by atoms with Crippen molar-refractivity contribution in [2.75, 3.05) is 19.6 Å². The lowest BCUT2D eigenvalue weighted by atomic mass is 10.3. The molecule has 0 spiro atoms. The van der Waals surface area contributed by atoms with Crippen LogP contribution in [-0.4, -0.2) is 25.5 Å². The molecule has 0 aromatic heterocycles. The molecule has 3 heteroatoms. The standard InChI is InChI=1S/C10H18N2O/c1-3-5-6-8-12-10(13)9-11-7-4-2/h1,11H,4-9H2,2H3,(H,12,13). The van der Waals surface area contributed by atoms with Gasteiger partial charge >= 0.3 is 0 Å².